The summed E-state index contributed by atoms with van der Waals surface area (Å²) in [5, 5.41) is 10.4. The molecule has 12 heavy (non-hydrogen) atoms. The molecule has 1 aliphatic rings. The zero-order chi connectivity index (χ0) is 8.39. The molecule has 1 saturated heterocycles. The fraction of sp³-hybridized carbons (Fsp3) is 0.750. The second-order valence-electron chi connectivity index (χ2n) is 3.28. The normalized spacial score (nSPS) is 24.2. The number of nitrogens with one attached hydrogen (secondary N) is 2. The molecule has 66 valence electrons. The molecular weight excluding hydrogens is 152 g/mol. The van der Waals surface area contributed by atoms with Crippen LogP contribution in [0.15, 0.2) is 0 Å². The second-order valence-corrected chi connectivity index (χ2v) is 3.28. The van der Waals surface area contributed by atoms with Gasteiger partial charge in [-0.05, 0) is 26.3 Å². The van der Waals surface area contributed by atoms with Crippen LogP contribution < -0.4 is 5.32 Å². The Kier molecular flexibility index (Phi) is 2.08. The molecule has 2 rings (SSSR count). The molecule has 1 fully saturated rings. The lowest BCUT2D eigenvalue weighted by Crippen LogP contribution is -2.27. The van der Waals surface area contributed by atoms with Gasteiger partial charge in [0, 0.05) is 0 Å². The highest BCUT2D eigenvalue weighted by molar-refractivity contribution is 4.96. The Morgan fingerprint density at radius 2 is 2.33 bits per heavy atom. The number of H-pyrrole nitrogens is 1. The predicted molar refractivity (Wildman–Crippen MR) is 45.7 cm³/mol. The molecule has 1 aliphatic heterocycles. The molecule has 0 unspecified atom stereocenters. The van der Waals surface area contributed by atoms with Crippen LogP contribution in [0.5, 0.6) is 0 Å². The van der Waals surface area contributed by atoms with Crippen molar-refractivity contribution in [1.82, 2.24) is 20.5 Å². The Morgan fingerprint density at radius 1 is 1.42 bits per heavy atom. The number of hydrogen-bond donors (Lipinski definition) is 2. The lowest BCUT2D eigenvalue weighted by Gasteiger charge is -2.20. The minimum absolute atomic E-state index is 0.378. The minimum Gasteiger partial charge on any atom is -0.307 e. The highest BCUT2D eigenvalue weighted by Crippen LogP contribution is 2.19. The maximum atomic E-state index is 4.31. The summed E-state index contributed by atoms with van der Waals surface area (Å²) in [6.07, 6.45) is 3.72. The van der Waals surface area contributed by atoms with Crippen molar-refractivity contribution in [2.75, 3.05) is 6.54 Å². The van der Waals surface area contributed by atoms with E-state index in [0.29, 0.717) is 6.04 Å². The molecule has 2 heterocycles. The van der Waals surface area contributed by atoms with E-state index in [4.69, 9.17) is 0 Å². The van der Waals surface area contributed by atoms with E-state index in [9.17, 15) is 0 Å². The van der Waals surface area contributed by atoms with Crippen molar-refractivity contribution in [1.29, 1.82) is 0 Å². The number of aryl methyl sites for hydroxylation is 1. The first kappa shape index (κ1) is 7.73. The van der Waals surface area contributed by atoms with Crippen LogP contribution in [0.1, 0.15) is 37.0 Å². The van der Waals surface area contributed by atoms with Crippen LogP contribution in [0.2, 0.25) is 0 Å². The summed E-state index contributed by atoms with van der Waals surface area (Å²) in [7, 11) is 0. The number of aromatic nitrogens is 3. The summed E-state index contributed by atoms with van der Waals surface area (Å²) in [6, 6.07) is 0.378. The SMILES string of the molecule is Cc1nc([C@@H]2CCCCN2)n[nH]1. The Labute approximate surface area is 71.8 Å². The third kappa shape index (κ3) is 1.48. The largest absolute Gasteiger partial charge is 0.307 e. The molecule has 0 saturated carbocycles. The number of piperidine rings is 1. The van der Waals surface area contributed by atoms with Crippen molar-refractivity contribution >= 4 is 0 Å². The van der Waals surface area contributed by atoms with Gasteiger partial charge in [-0.3, -0.25) is 5.10 Å². The van der Waals surface area contributed by atoms with Gasteiger partial charge < -0.3 is 5.32 Å². The van der Waals surface area contributed by atoms with E-state index in [2.05, 4.69) is 20.5 Å². The zero-order valence-corrected chi connectivity index (χ0v) is 7.30. The number of aromatic amines is 1. The highest BCUT2D eigenvalue weighted by Gasteiger charge is 2.17. The van der Waals surface area contributed by atoms with Gasteiger partial charge in [0.05, 0.1) is 6.04 Å². The van der Waals surface area contributed by atoms with Crippen LogP contribution in [0, 0.1) is 6.92 Å². The number of hydrogen-bond acceptors (Lipinski definition) is 3. The monoisotopic (exact) mass is 166 g/mol. The van der Waals surface area contributed by atoms with Crippen LogP contribution in [0.4, 0.5) is 0 Å². The van der Waals surface area contributed by atoms with E-state index in [1.165, 1.54) is 12.8 Å². The first-order chi connectivity index (χ1) is 5.86. The van der Waals surface area contributed by atoms with E-state index >= 15 is 0 Å². The Bertz CT molecular complexity index is 249. The van der Waals surface area contributed by atoms with Gasteiger partial charge in [-0.1, -0.05) is 6.42 Å². The van der Waals surface area contributed by atoms with Gasteiger partial charge in [0.15, 0.2) is 5.82 Å². The summed E-state index contributed by atoms with van der Waals surface area (Å²) < 4.78 is 0. The van der Waals surface area contributed by atoms with E-state index in [1.807, 2.05) is 6.92 Å². The van der Waals surface area contributed by atoms with Crippen molar-refractivity contribution in [2.24, 2.45) is 0 Å². The zero-order valence-electron chi connectivity index (χ0n) is 7.30. The average molecular weight is 166 g/mol. The van der Waals surface area contributed by atoms with Crippen molar-refractivity contribution in [3.05, 3.63) is 11.6 Å². The maximum Gasteiger partial charge on any atom is 0.167 e. The molecule has 0 aliphatic carbocycles. The lowest BCUT2D eigenvalue weighted by molar-refractivity contribution is 0.398. The Balaban J connectivity index is 2.08. The molecule has 4 nitrogen and oxygen atoms in total. The van der Waals surface area contributed by atoms with Crippen molar-refractivity contribution in [3.63, 3.8) is 0 Å². The third-order valence-electron chi connectivity index (χ3n) is 2.24. The molecule has 2 N–H and O–H groups in total. The predicted octanol–water partition coefficient (Wildman–Crippen LogP) is 0.928. The molecule has 4 heteroatoms. The first-order valence-electron chi connectivity index (χ1n) is 4.48. The molecule has 0 amide bonds. The molecule has 0 spiro atoms. The topological polar surface area (TPSA) is 53.6 Å². The second kappa shape index (κ2) is 3.23. The minimum atomic E-state index is 0.378. The molecular formula is C8H14N4. The Hall–Kier alpha value is -0.900. The fourth-order valence-electron chi connectivity index (χ4n) is 1.59. The van der Waals surface area contributed by atoms with Gasteiger partial charge in [-0.25, -0.2) is 4.98 Å². The standard InChI is InChI=1S/C8H14N4/c1-6-10-8(12-11-6)7-4-2-3-5-9-7/h7,9H,2-5H2,1H3,(H,10,11,12)/t7-/m0/s1. The van der Waals surface area contributed by atoms with Crippen LogP contribution in [0.3, 0.4) is 0 Å². The highest BCUT2D eigenvalue weighted by atomic mass is 15.2. The van der Waals surface area contributed by atoms with Crippen molar-refractivity contribution < 1.29 is 0 Å². The number of nitrogens with zero attached hydrogens (tertiary/aromatic N) is 2. The van der Waals surface area contributed by atoms with Crippen LogP contribution in [-0.2, 0) is 0 Å². The van der Waals surface area contributed by atoms with Gasteiger partial charge in [-0.15, -0.1) is 0 Å². The van der Waals surface area contributed by atoms with Gasteiger partial charge in [0.1, 0.15) is 5.82 Å². The fourth-order valence-corrected chi connectivity index (χ4v) is 1.59. The maximum absolute atomic E-state index is 4.31. The Morgan fingerprint density at radius 3 is 2.92 bits per heavy atom. The third-order valence-corrected chi connectivity index (χ3v) is 2.24. The molecule has 0 radical (unpaired) electrons. The van der Waals surface area contributed by atoms with E-state index in [1.54, 1.807) is 0 Å². The quantitative estimate of drug-likeness (QED) is 0.652. The van der Waals surface area contributed by atoms with Gasteiger partial charge in [-0.2, -0.15) is 5.10 Å². The van der Waals surface area contributed by atoms with Crippen molar-refractivity contribution in [3.8, 4) is 0 Å². The average Bonchev–Trinajstić information content (AvgIpc) is 2.54. The molecule has 1 aromatic heterocycles. The summed E-state index contributed by atoms with van der Waals surface area (Å²) in [6.45, 7) is 3.03. The van der Waals surface area contributed by atoms with Crippen LogP contribution in [-0.4, -0.2) is 21.7 Å². The first-order valence-corrected chi connectivity index (χ1v) is 4.48. The summed E-state index contributed by atoms with van der Waals surface area (Å²) in [5.41, 5.74) is 0. The summed E-state index contributed by atoms with van der Waals surface area (Å²) in [4.78, 5) is 4.31. The molecule has 1 aromatic rings. The van der Waals surface area contributed by atoms with Gasteiger partial charge in [0.25, 0.3) is 0 Å². The van der Waals surface area contributed by atoms with Gasteiger partial charge >= 0.3 is 0 Å². The van der Waals surface area contributed by atoms with Crippen LogP contribution in [0.25, 0.3) is 0 Å². The smallest absolute Gasteiger partial charge is 0.167 e. The molecule has 0 aromatic carbocycles. The molecule has 1 atom stereocenters. The molecule has 0 bridgehead atoms. The van der Waals surface area contributed by atoms with Crippen LogP contribution >= 0.6 is 0 Å². The van der Waals surface area contributed by atoms with Gasteiger partial charge in [0.2, 0.25) is 0 Å². The van der Waals surface area contributed by atoms with E-state index in [-0.39, 0.29) is 0 Å². The van der Waals surface area contributed by atoms with Crippen molar-refractivity contribution in [2.45, 2.75) is 32.2 Å². The summed E-state index contributed by atoms with van der Waals surface area (Å²) >= 11 is 0. The van der Waals surface area contributed by atoms with E-state index < -0.39 is 0 Å². The van der Waals surface area contributed by atoms with E-state index in [0.717, 1.165) is 24.6 Å². The summed E-state index contributed by atoms with van der Waals surface area (Å²) in [5.74, 6) is 1.82. The number of rotatable bonds is 1. The lowest BCUT2D eigenvalue weighted by atomic mass is 10.0.